The molecule has 2 aliphatic rings. The normalized spacial score (nSPS) is 26.5. The van der Waals surface area contributed by atoms with Gasteiger partial charge in [0.25, 0.3) is 0 Å². The monoisotopic (exact) mass is 181 g/mol. The lowest BCUT2D eigenvalue weighted by Gasteiger charge is -2.23. The lowest BCUT2D eigenvalue weighted by atomic mass is 9.87. The third-order valence-corrected chi connectivity index (χ3v) is 3.86. The highest BCUT2D eigenvalue weighted by Crippen LogP contribution is 2.45. The van der Waals surface area contributed by atoms with Gasteiger partial charge in [-0.15, -0.1) is 0 Å². The van der Waals surface area contributed by atoms with Crippen LogP contribution in [0.15, 0.2) is 0 Å². The molecule has 0 heterocycles. The van der Waals surface area contributed by atoms with Crippen molar-refractivity contribution in [3.63, 3.8) is 0 Å². The van der Waals surface area contributed by atoms with Crippen molar-refractivity contribution in [1.29, 1.82) is 0 Å². The Balaban J connectivity index is 1.80. The van der Waals surface area contributed by atoms with Crippen LogP contribution in [0.4, 0.5) is 0 Å². The zero-order valence-electron chi connectivity index (χ0n) is 8.89. The van der Waals surface area contributed by atoms with Gasteiger partial charge < -0.3 is 5.32 Å². The van der Waals surface area contributed by atoms with Crippen LogP contribution in [0.25, 0.3) is 0 Å². The Morgan fingerprint density at radius 3 is 2.23 bits per heavy atom. The molecular weight excluding hydrogens is 158 g/mol. The van der Waals surface area contributed by atoms with Gasteiger partial charge in [0.05, 0.1) is 0 Å². The molecule has 0 aromatic heterocycles. The Morgan fingerprint density at radius 2 is 1.69 bits per heavy atom. The second-order valence-corrected chi connectivity index (χ2v) is 4.85. The minimum Gasteiger partial charge on any atom is -0.317 e. The molecule has 1 nitrogen and oxygen atoms in total. The topological polar surface area (TPSA) is 12.0 Å². The average Bonchev–Trinajstić information content (AvgIpc) is 2.82. The molecule has 76 valence electrons. The zero-order valence-corrected chi connectivity index (χ0v) is 8.89. The van der Waals surface area contributed by atoms with Gasteiger partial charge in [0.2, 0.25) is 0 Å². The van der Waals surface area contributed by atoms with Gasteiger partial charge in [-0.05, 0) is 43.7 Å². The smallest absolute Gasteiger partial charge is 0.00153 e. The SMILES string of the molecule is CCNCC(C1CCCC1)C1CC1. The maximum atomic E-state index is 3.55. The molecule has 1 N–H and O–H groups in total. The van der Waals surface area contributed by atoms with E-state index in [1.807, 2.05) is 0 Å². The molecule has 2 aliphatic carbocycles. The number of nitrogens with one attached hydrogen (secondary N) is 1. The second kappa shape index (κ2) is 4.45. The van der Waals surface area contributed by atoms with Gasteiger partial charge in [-0.2, -0.15) is 0 Å². The molecule has 0 aromatic carbocycles. The Hall–Kier alpha value is -0.0400. The van der Waals surface area contributed by atoms with E-state index in [9.17, 15) is 0 Å². The first kappa shape index (κ1) is 9.51. The fourth-order valence-corrected chi connectivity index (χ4v) is 2.94. The minimum atomic E-state index is 1.03. The van der Waals surface area contributed by atoms with Gasteiger partial charge in [-0.1, -0.05) is 32.6 Å². The van der Waals surface area contributed by atoms with Crippen LogP contribution in [0.3, 0.4) is 0 Å². The fraction of sp³-hybridized carbons (Fsp3) is 1.00. The van der Waals surface area contributed by atoms with E-state index < -0.39 is 0 Å². The van der Waals surface area contributed by atoms with Crippen molar-refractivity contribution in [2.75, 3.05) is 13.1 Å². The van der Waals surface area contributed by atoms with Crippen LogP contribution in [-0.4, -0.2) is 13.1 Å². The summed E-state index contributed by atoms with van der Waals surface area (Å²) >= 11 is 0. The molecule has 0 aromatic rings. The van der Waals surface area contributed by atoms with E-state index in [1.54, 1.807) is 0 Å². The van der Waals surface area contributed by atoms with Crippen molar-refractivity contribution in [3.8, 4) is 0 Å². The van der Waals surface area contributed by atoms with E-state index in [2.05, 4.69) is 12.2 Å². The second-order valence-electron chi connectivity index (χ2n) is 4.85. The molecule has 0 amide bonds. The summed E-state index contributed by atoms with van der Waals surface area (Å²) in [5.74, 6) is 3.20. The number of rotatable bonds is 5. The third-order valence-electron chi connectivity index (χ3n) is 3.86. The van der Waals surface area contributed by atoms with Crippen molar-refractivity contribution in [3.05, 3.63) is 0 Å². The molecule has 0 aliphatic heterocycles. The Morgan fingerprint density at radius 1 is 1.08 bits per heavy atom. The van der Waals surface area contributed by atoms with Gasteiger partial charge in [-0.3, -0.25) is 0 Å². The summed E-state index contributed by atoms with van der Waals surface area (Å²) in [5, 5.41) is 3.55. The van der Waals surface area contributed by atoms with Crippen LogP contribution in [0, 0.1) is 17.8 Å². The van der Waals surface area contributed by atoms with Crippen molar-refractivity contribution in [2.45, 2.75) is 45.4 Å². The summed E-state index contributed by atoms with van der Waals surface area (Å²) in [7, 11) is 0. The van der Waals surface area contributed by atoms with Crippen molar-refractivity contribution in [1.82, 2.24) is 5.32 Å². The van der Waals surface area contributed by atoms with Crippen LogP contribution in [0.5, 0.6) is 0 Å². The molecule has 0 bridgehead atoms. The van der Waals surface area contributed by atoms with Crippen molar-refractivity contribution in [2.24, 2.45) is 17.8 Å². The van der Waals surface area contributed by atoms with Crippen LogP contribution >= 0.6 is 0 Å². The first-order valence-corrected chi connectivity index (χ1v) is 6.12. The molecule has 1 heteroatoms. The quantitative estimate of drug-likeness (QED) is 0.687. The summed E-state index contributed by atoms with van der Waals surface area (Å²) in [6, 6.07) is 0. The fourth-order valence-electron chi connectivity index (χ4n) is 2.94. The van der Waals surface area contributed by atoms with Crippen LogP contribution in [0.2, 0.25) is 0 Å². The van der Waals surface area contributed by atoms with E-state index >= 15 is 0 Å². The molecule has 1 unspecified atom stereocenters. The molecule has 1 atom stereocenters. The summed E-state index contributed by atoms with van der Waals surface area (Å²) in [4.78, 5) is 0. The van der Waals surface area contributed by atoms with Crippen molar-refractivity contribution < 1.29 is 0 Å². The summed E-state index contributed by atoms with van der Waals surface area (Å²) in [6.45, 7) is 4.67. The maximum absolute atomic E-state index is 3.55. The lowest BCUT2D eigenvalue weighted by molar-refractivity contribution is 0.290. The van der Waals surface area contributed by atoms with E-state index in [1.165, 1.54) is 45.1 Å². The Kier molecular flexibility index (Phi) is 3.26. The molecule has 2 fully saturated rings. The number of hydrogen-bond acceptors (Lipinski definition) is 1. The molecule has 0 saturated heterocycles. The summed E-state index contributed by atoms with van der Waals surface area (Å²) in [6.07, 6.45) is 9.08. The third kappa shape index (κ3) is 2.46. The Labute approximate surface area is 82.3 Å². The summed E-state index contributed by atoms with van der Waals surface area (Å²) in [5.41, 5.74) is 0. The van der Waals surface area contributed by atoms with Crippen LogP contribution in [0.1, 0.15) is 45.4 Å². The standard InChI is InChI=1S/C12H23N/c1-2-13-9-12(11-7-8-11)10-5-3-4-6-10/h10-13H,2-9H2,1H3. The summed E-state index contributed by atoms with van der Waals surface area (Å²) < 4.78 is 0. The van der Waals surface area contributed by atoms with Gasteiger partial charge in [-0.25, -0.2) is 0 Å². The maximum Gasteiger partial charge on any atom is -0.00153 e. The van der Waals surface area contributed by atoms with E-state index in [-0.39, 0.29) is 0 Å². The first-order valence-electron chi connectivity index (χ1n) is 6.12. The molecule has 13 heavy (non-hydrogen) atoms. The highest BCUT2D eigenvalue weighted by Gasteiger charge is 2.36. The largest absolute Gasteiger partial charge is 0.317 e. The van der Waals surface area contributed by atoms with E-state index in [0.29, 0.717) is 0 Å². The van der Waals surface area contributed by atoms with E-state index in [4.69, 9.17) is 0 Å². The zero-order chi connectivity index (χ0) is 9.10. The van der Waals surface area contributed by atoms with Crippen molar-refractivity contribution >= 4 is 0 Å². The Bertz CT molecular complexity index is 145. The molecule has 2 saturated carbocycles. The molecular formula is C12H23N. The minimum absolute atomic E-state index is 1.03. The predicted octanol–water partition coefficient (Wildman–Crippen LogP) is 2.81. The van der Waals surface area contributed by atoms with Gasteiger partial charge >= 0.3 is 0 Å². The molecule has 0 radical (unpaired) electrons. The van der Waals surface area contributed by atoms with Gasteiger partial charge in [0, 0.05) is 0 Å². The lowest BCUT2D eigenvalue weighted by Crippen LogP contribution is -2.28. The highest BCUT2D eigenvalue weighted by atomic mass is 14.9. The molecule has 0 spiro atoms. The van der Waals surface area contributed by atoms with Gasteiger partial charge in [0.1, 0.15) is 0 Å². The van der Waals surface area contributed by atoms with Crippen LogP contribution in [-0.2, 0) is 0 Å². The van der Waals surface area contributed by atoms with E-state index in [0.717, 1.165) is 24.3 Å². The van der Waals surface area contributed by atoms with Crippen LogP contribution < -0.4 is 5.32 Å². The molecule has 2 rings (SSSR count). The number of hydrogen-bond donors (Lipinski definition) is 1. The average molecular weight is 181 g/mol. The predicted molar refractivity (Wildman–Crippen MR) is 56.7 cm³/mol. The van der Waals surface area contributed by atoms with Gasteiger partial charge in [0.15, 0.2) is 0 Å². The first-order chi connectivity index (χ1) is 6.42. The highest BCUT2D eigenvalue weighted by molar-refractivity contribution is 4.88.